The SMILES string of the molecule is CC(C)Oc1ccccc1NC(C)c1ccoc1. The lowest BCUT2D eigenvalue weighted by molar-refractivity contribution is 0.243. The molecule has 1 heterocycles. The van der Waals surface area contributed by atoms with Crippen LogP contribution in [0.25, 0.3) is 0 Å². The topological polar surface area (TPSA) is 34.4 Å². The van der Waals surface area contributed by atoms with E-state index in [0.717, 1.165) is 17.0 Å². The molecular weight excluding hydrogens is 226 g/mol. The molecule has 18 heavy (non-hydrogen) atoms. The van der Waals surface area contributed by atoms with Crippen LogP contribution in [-0.4, -0.2) is 6.10 Å². The Balaban J connectivity index is 2.13. The molecule has 0 spiro atoms. The van der Waals surface area contributed by atoms with Gasteiger partial charge in [0.05, 0.1) is 30.4 Å². The molecule has 1 aromatic heterocycles. The molecule has 0 amide bonds. The molecule has 0 fully saturated rings. The van der Waals surface area contributed by atoms with Crippen LogP contribution in [0.15, 0.2) is 47.3 Å². The van der Waals surface area contributed by atoms with Crippen molar-refractivity contribution in [3.63, 3.8) is 0 Å². The Morgan fingerprint density at radius 1 is 1.11 bits per heavy atom. The standard InChI is InChI=1S/C15H19NO2/c1-11(2)18-15-7-5-4-6-14(15)16-12(3)13-8-9-17-10-13/h4-12,16H,1-3H3. The van der Waals surface area contributed by atoms with Crippen molar-refractivity contribution in [3.8, 4) is 5.75 Å². The number of hydrogen-bond donors (Lipinski definition) is 1. The van der Waals surface area contributed by atoms with Crippen molar-refractivity contribution in [1.82, 2.24) is 0 Å². The lowest BCUT2D eigenvalue weighted by Gasteiger charge is -2.18. The van der Waals surface area contributed by atoms with Gasteiger partial charge in [-0.25, -0.2) is 0 Å². The van der Waals surface area contributed by atoms with E-state index in [2.05, 4.69) is 12.2 Å². The number of para-hydroxylation sites is 2. The fourth-order valence-corrected chi connectivity index (χ4v) is 1.78. The van der Waals surface area contributed by atoms with Gasteiger partial charge in [0, 0.05) is 5.56 Å². The Labute approximate surface area is 108 Å². The lowest BCUT2D eigenvalue weighted by Crippen LogP contribution is -2.10. The fraction of sp³-hybridized carbons (Fsp3) is 0.333. The Bertz CT molecular complexity index is 477. The first-order valence-electron chi connectivity index (χ1n) is 6.21. The van der Waals surface area contributed by atoms with Gasteiger partial charge in [-0.3, -0.25) is 0 Å². The van der Waals surface area contributed by atoms with E-state index in [9.17, 15) is 0 Å². The summed E-state index contributed by atoms with van der Waals surface area (Å²) in [7, 11) is 0. The van der Waals surface area contributed by atoms with E-state index in [-0.39, 0.29) is 12.1 Å². The van der Waals surface area contributed by atoms with Crippen molar-refractivity contribution in [1.29, 1.82) is 0 Å². The average Bonchev–Trinajstić information content (AvgIpc) is 2.84. The Morgan fingerprint density at radius 2 is 1.89 bits per heavy atom. The normalized spacial score (nSPS) is 12.4. The van der Waals surface area contributed by atoms with Gasteiger partial charge in [-0.2, -0.15) is 0 Å². The molecule has 1 aromatic carbocycles. The first-order valence-corrected chi connectivity index (χ1v) is 6.21. The highest BCUT2D eigenvalue weighted by Gasteiger charge is 2.10. The molecule has 0 saturated carbocycles. The number of anilines is 1. The van der Waals surface area contributed by atoms with Crippen LogP contribution < -0.4 is 10.1 Å². The van der Waals surface area contributed by atoms with E-state index in [1.54, 1.807) is 12.5 Å². The van der Waals surface area contributed by atoms with Crippen LogP contribution in [0.3, 0.4) is 0 Å². The highest BCUT2D eigenvalue weighted by molar-refractivity contribution is 5.57. The molecular formula is C15H19NO2. The van der Waals surface area contributed by atoms with E-state index >= 15 is 0 Å². The zero-order valence-electron chi connectivity index (χ0n) is 11.0. The third-order valence-electron chi connectivity index (χ3n) is 2.66. The molecule has 2 rings (SSSR count). The largest absolute Gasteiger partial charge is 0.489 e. The summed E-state index contributed by atoms with van der Waals surface area (Å²) in [6, 6.07) is 10.1. The zero-order valence-corrected chi connectivity index (χ0v) is 11.0. The fourth-order valence-electron chi connectivity index (χ4n) is 1.78. The van der Waals surface area contributed by atoms with Gasteiger partial charge in [-0.15, -0.1) is 0 Å². The highest BCUT2D eigenvalue weighted by atomic mass is 16.5. The van der Waals surface area contributed by atoms with Crippen LogP contribution in [0.4, 0.5) is 5.69 Å². The molecule has 96 valence electrons. The summed E-state index contributed by atoms with van der Waals surface area (Å²) in [4.78, 5) is 0. The molecule has 3 nitrogen and oxygen atoms in total. The van der Waals surface area contributed by atoms with Gasteiger partial charge in [0.15, 0.2) is 0 Å². The first kappa shape index (κ1) is 12.6. The van der Waals surface area contributed by atoms with Crippen molar-refractivity contribution in [3.05, 3.63) is 48.4 Å². The minimum absolute atomic E-state index is 0.164. The summed E-state index contributed by atoms with van der Waals surface area (Å²) in [5.74, 6) is 0.878. The lowest BCUT2D eigenvalue weighted by atomic mass is 10.1. The van der Waals surface area contributed by atoms with Gasteiger partial charge in [0.2, 0.25) is 0 Å². The van der Waals surface area contributed by atoms with Crippen molar-refractivity contribution < 1.29 is 9.15 Å². The van der Waals surface area contributed by atoms with Crippen LogP contribution in [0.1, 0.15) is 32.4 Å². The quantitative estimate of drug-likeness (QED) is 0.855. The molecule has 0 bridgehead atoms. The molecule has 0 aliphatic heterocycles. The highest BCUT2D eigenvalue weighted by Crippen LogP contribution is 2.28. The molecule has 0 aliphatic rings. The third kappa shape index (κ3) is 3.06. The zero-order chi connectivity index (χ0) is 13.0. The van der Waals surface area contributed by atoms with Crippen LogP contribution in [0.5, 0.6) is 5.75 Å². The second kappa shape index (κ2) is 5.63. The van der Waals surface area contributed by atoms with E-state index in [1.165, 1.54) is 0 Å². The van der Waals surface area contributed by atoms with Crippen LogP contribution in [0, 0.1) is 0 Å². The molecule has 1 atom stereocenters. The third-order valence-corrected chi connectivity index (χ3v) is 2.66. The van der Waals surface area contributed by atoms with Crippen molar-refractivity contribution in [2.75, 3.05) is 5.32 Å². The van der Waals surface area contributed by atoms with Crippen molar-refractivity contribution in [2.24, 2.45) is 0 Å². The summed E-state index contributed by atoms with van der Waals surface area (Å²) >= 11 is 0. The minimum atomic E-state index is 0.164. The maximum absolute atomic E-state index is 5.78. The molecule has 0 saturated heterocycles. The van der Waals surface area contributed by atoms with Gasteiger partial charge in [0.25, 0.3) is 0 Å². The van der Waals surface area contributed by atoms with Gasteiger partial charge >= 0.3 is 0 Å². The Hall–Kier alpha value is -1.90. The summed E-state index contributed by atoms with van der Waals surface area (Å²) in [5, 5.41) is 3.43. The van der Waals surface area contributed by atoms with Gasteiger partial charge in [-0.05, 0) is 39.0 Å². The number of hydrogen-bond acceptors (Lipinski definition) is 3. The number of benzene rings is 1. The second-order valence-electron chi connectivity index (χ2n) is 4.59. The van der Waals surface area contributed by atoms with Crippen LogP contribution in [-0.2, 0) is 0 Å². The monoisotopic (exact) mass is 245 g/mol. The predicted molar refractivity (Wildman–Crippen MR) is 73.0 cm³/mol. The number of furan rings is 1. The predicted octanol–water partition coefficient (Wildman–Crippen LogP) is 4.24. The summed E-state index contributed by atoms with van der Waals surface area (Å²) in [6.07, 6.45) is 3.60. The maximum atomic E-state index is 5.78. The maximum Gasteiger partial charge on any atom is 0.142 e. The van der Waals surface area contributed by atoms with E-state index in [1.807, 2.05) is 44.2 Å². The summed E-state index contributed by atoms with van der Waals surface area (Å²) < 4.78 is 10.9. The van der Waals surface area contributed by atoms with Gasteiger partial charge < -0.3 is 14.5 Å². The van der Waals surface area contributed by atoms with E-state index in [4.69, 9.17) is 9.15 Å². The average molecular weight is 245 g/mol. The number of rotatable bonds is 5. The molecule has 0 aliphatic carbocycles. The minimum Gasteiger partial charge on any atom is -0.489 e. The number of ether oxygens (including phenoxy) is 1. The molecule has 3 heteroatoms. The second-order valence-corrected chi connectivity index (χ2v) is 4.59. The summed E-state index contributed by atoms with van der Waals surface area (Å²) in [6.45, 7) is 6.14. The van der Waals surface area contributed by atoms with E-state index < -0.39 is 0 Å². The van der Waals surface area contributed by atoms with Crippen LogP contribution in [0.2, 0.25) is 0 Å². The first-order chi connectivity index (χ1) is 8.66. The van der Waals surface area contributed by atoms with Crippen molar-refractivity contribution in [2.45, 2.75) is 32.9 Å². The number of nitrogens with one attached hydrogen (secondary N) is 1. The smallest absolute Gasteiger partial charge is 0.142 e. The van der Waals surface area contributed by atoms with Crippen molar-refractivity contribution >= 4 is 5.69 Å². The Kier molecular flexibility index (Phi) is 3.92. The molecule has 0 radical (unpaired) electrons. The molecule has 1 N–H and O–H groups in total. The van der Waals surface area contributed by atoms with Crippen LogP contribution >= 0.6 is 0 Å². The molecule has 1 unspecified atom stereocenters. The van der Waals surface area contributed by atoms with Gasteiger partial charge in [-0.1, -0.05) is 12.1 Å². The summed E-state index contributed by atoms with van der Waals surface area (Å²) in [5.41, 5.74) is 2.12. The molecule has 2 aromatic rings. The Morgan fingerprint density at radius 3 is 2.56 bits per heavy atom. The van der Waals surface area contributed by atoms with Gasteiger partial charge in [0.1, 0.15) is 5.75 Å². The van der Waals surface area contributed by atoms with E-state index in [0.29, 0.717) is 0 Å².